The van der Waals surface area contributed by atoms with E-state index in [9.17, 15) is 18.0 Å². The number of hydrogen-bond acceptors (Lipinski definition) is 7. The fourth-order valence-electron chi connectivity index (χ4n) is 8.19. The van der Waals surface area contributed by atoms with E-state index in [1.54, 1.807) is 0 Å². The number of methoxy groups -OCH3 is 1. The molecule has 1 amide bonds. The Balaban J connectivity index is 1.18. The van der Waals surface area contributed by atoms with Gasteiger partial charge in [-0.25, -0.2) is 4.39 Å². The van der Waals surface area contributed by atoms with Crippen molar-refractivity contribution >= 4 is 23.2 Å². The highest BCUT2D eigenvalue weighted by Crippen LogP contribution is 2.52. The summed E-state index contributed by atoms with van der Waals surface area (Å²) in [6, 6.07) is 44.9. The Hall–Kier alpha value is -5.60. The number of halogens is 5. The minimum Gasteiger partial charge on any atom is -0.496 e. The van der Waals surface area contributed by atoms with Crippen LogP contribution in [0.5, 0.6) is 5.75 Å². The molecule has 1 saturated heterocycles. The van der Waals surface area contributed by atoms with E-state index in [0.29, 0.717) is 0 Å². The predicted molar refractivity (Wildman–Crippen MR) is 233 cm³/mol. The number of carbonyl (C=O) groups excluding carboxylic acids is 1. The van der Waals surface area contributed by atoms with Crippen molar-refractivity contribution in [2.24, 2.45) is 0 Å². The van der Waals surface area contributed by atoms with Crippen LogP contribution in [-0.4, -0.2) is 50.3 Å². The summed E-state index contributed by atoms with van der Waals surface area (Å²) in [5.41, 5.74) is -1.28. The van der Waals surface area contributed by atoms with Gasteiger partial charge in [0.2, 0.25) is 5.67 Å². The molecule has 2 heterocycles. The maximum absolute atomic E-state index is 17.9. The van der Waals surface area contributed by atoms with E-state index in [-0.39, 0.29) is 67.0 Å². The molecule has 64 heavy (non-hydrogen) atoms. The summed E-state index contributed by atoms with van der Waals surface area (Å²) in [4.78, 5) is 15.7. The lowest BCUT2D eigenvalue weighted by molar-refractivity contribution is -0.326. The van der Waals surface area contributed by atoms with Crippen molar-refractivity contribution in [1.29, 1.82) is 0 Å². The van der Waals surface area contributed by atoms with E-state index >= 15 is 4.39 Å². The normalized spacial score (nSPS) is 22.1. The van der Waals surface area contributed by atoms with Gasteiger partial charge in [-0.1, -0.05) is 139 Å². The average molecular weight is 896 g/mol. The number of alkyl halides is 4. The van der Waals surface area contributed by atoms with Gasteiger partial charge in [0.25, 0.3) is 5.91 Å². The van der Waals surface area contributed by atoms with E-state index < -0.39 is 54.0 Å². The molecule has 0 aliphatic carbocycles. The van der Waals surface area contributed by atoms with Crippen LogP contribution in [0.2, 0.25) is 5.02 Å². The van der Waals surface area contributed by atoms with Gasteiger partial charge in [0.05, 0.1) is 50.9 Å². The van der Waals surface area contributed by atoms with Crippen LogP contribution in [0.15, 0.2) is 158 Å². The number of carbonyl (C=O) groups is 1. The van der Waals surface area contributed by atoms with Crippen molar-refractivity contribution in [3.05, 3.63) is 202 Å². The minimum atomic E-state index is -4.79. The summed E-state index contributed by atoms with van der Waals surface area (Å²) in [5, 5.41) is 0.105. The van der Waals surface area contributed by atoms with E-state index in [1.165, 1.54) is 25.3 Å². The maximum atomic E-state index is 17.9. The van der Waals surface area contributed by atoms with Gasteiger partial charge < -0.3 is 33.3 Å². The van der Waals surface area contributed by atoms with E-state index in [4.69, 9.17) is 40.0 Å². The Morgan fingerprint density at radius 2 is 1.12 bits per heavy atom. The molecule has 2 aliphatic heterocycles. The monoisotopic (exact) mass is 895 g/mol. The van der Waals surface area contributed by atoms with Crippen molar-refractivity contribution in [2.75, 3.05) is 18.6 Å². The summed E-state index contributed by atoms with van der Waals surface area (Å²) in [7, 11) is 1.31. The van der Waals surface area contributed by atoms with E-state index in [1.807, 2.05) is 121 Å². The number of ether oxygens (including phenoxy) is 6. The molecule has 0 radical (unpaired) electrons. The third-order valence-electron chi connectivity index (χ3n) is 11.4. The quantitative estimate of drug-likeness (QED) is 0.0844. The van der Waals surface area contributed by atoms with Gasteiger partial charge in [-0.3, -0.25) is 4.79 Å². The Bertz CT molecular complexity index is 2470. The summed E-state index contributed by atoms with van der Waals surface area (Å²) in [6.07, 6.45) is -9.47. The SMILES string of the molecule is COc1ccc(Cl)cc1C1(F)C(=O)N(CCC2OC(OCc3ccccc3)C(OCc3ccccc3)C(OCc3ccccc3)C2OCc2ccccc2)c2cc(C(F)(F)F)ccc21. The van der Waals surface area contributed by atoms with Gasteiger partial charge in [0.15, 0.2) is 6.29 Å². The van der Waals surface area contributed by atoms with Crippen LogP contribution in [0.1, 0.15) is 45.4 Å². The fraction of sp³-hybridized carbons (Fsp3) is 0.275. The van der Waals surface area contributed by atoms with Crippen LogP contribution < -0.4 is 9.64 Å². The van der Waals surface area contributed by atoms with Gasteiger partial charge in [-0.2, -0.15) is 13.2 Å². The average Bonchev–Trinajstić information content (AvgIpc) is 3.53. The van der Waals surface area contributed by atoms with E-state index in [0.717, 1.165) is 45.4 Å². The second-order valence-corrected chi connectivity index (χ2v) is 16.0. The number of anilines is 1. The van der Waals surface area contributed by atoms with Crippen molar-refractivity contribution < 1.29 is 50.8 Å². The molecular weight excluding hydrogens is 850 g/mol. The number of hydrogen-bond donors (Lipinski definition) is 0. The van der Waals surface area contributed by atoms with Crippen LogP contribution >= 0.6 is 11.6 Å². The maximum Gasteiger partial charge on any atom is 0.416 e. The molecule has 0 spiro atoms. The predicted octanol–water partition coefficient (Wildman–Crippen LogP) is 11.0. The van der Waals surface area contributed by atoms with Gasteiger partial charge in [-0.05, 0) is 59.0 Å². The van der Waals surface area contributed by atoms with Crippen LogP contribution in [0, 0.1) is 0 Å². The molecule has 8 nitrogen and oxygen atoms in total. The van der Waals surface area contributed by atoms with Gasteiger partial charge in [0.1, 0.15) is 24.1 Å². The Kier molecular flexibility index (Phi) is 14.1. The molecule has 6 aromatic rings. The lowest BCUT2D eigenvalue weighted by Gasteiger charge is -2.46. The Morgan fingerprint density at radius 1 is 0.625 bits per heavy atom. The molecule has 0 aromatic heterocycles. The highest BCUT2D eigenvalue weighted by Gasteiger charge is 2.56. The first-order chi connectivity index (χ1) is 31.0. The molecule has 8 rings (SSSR count). The largest absolute Gasteiger partial charge is 0.496 e. The Morgan fingerprint density at radius 3 is 1.64 bits per heavy atom. The van der Waals surface area contributed by atoms with Crippen molar-refractivity contribution in [3.8, 4) is 5.75 Å². The van der Waals surface area contributed by atoms with Crippen LogP contribution in [0.4, 0.5) is 23.2 Å². The minimum absolute atomic E-state index is 0.00343. The highest BCUT2D eigenvalue weighted by molar-refractivity contribution is 6.30. The zero-order valence-electron chi connectivity index (χ0n) is 34.8. The second-order valence-electron chi connectivity index (χ2n) is 15.6. The summed E-state index contributed by atoms with van der Waals surface area (Å²) in [6.45, 7) is 0.302. The highest BCUT2D eigenvalue weighted by atomic mass is 35.5. The zero-order chi connectivity index (χ0) is 44.7. The number of rotatable bonds is 17. The molecular formula is C51H46ClF4NO7. The van der Waals surface area contributed by atoms with Crippen molar-refractivity contribution in [2.45, 2.75) is 75.4 Å². The first-order valence-electron chi connectivity index (χ1n) is 20.9. The Labute approximate surface area is 374 Å². The number of fused-ring (bicyclic) bond motifs is 1. The first kappa shape index (κ1) is 45.0. The van der Waals surface area contributed by atoms with Crippen LogP contribution in [-0.2, 0) is 66.8 Å². The molecule has 2 aliphatic rings. The zero-order valence-corrected chi connectivity index (χ0v) is 35.6. The van der Waals surface area contributed by atoms with Crippen molar-refractivity contribution in [1.82, 2.24) is 0 Å². The third-order valence-corrected chi connectivity index (χ3v) is 11.6. The standard InChI is InChI=1S/C51H46ClF4NO7/c1-59-43-25-23-39(52)29-41(43)50(53)40-24-22-38(51(54,55)56)28-42(40)57(49(50)58)27-26-44-45(60-30-34-14-6-2-7-15-34)46(61-31-35-16-8-3-9-17-35)47(62-32-36-18-10-4-11-19-36)48(64-44)63-33-37-20-12-5-13-21-37/h2-25,28-29,44-48H,26-27,30-33H2,1H3. The smallest absolute Gasteiger partial charge is 0.416 e. The molecule has 1 fully saturated rings. The molecule has 6 unspecified atom stereocenters. The molecule has 0 saturated carbocycles. The summed E-state index contributed by atoms with van der Waals surface area (Å²) < 4.78 is 99.9. The summed E-state index contributed by atoms with van der Waals surface area (Å²) in [5.74, 6) is -1.12. The summed E-state index contributed by atoms with van der Waals surface area (Å²) >= 11 is 6.33. The van der Waals surface area contributed by atoms with Gasteiger partial charge in [0, 0.05) is 22.7 Å². The molecule has 332 valence electrons. The lowest BCUT2D eigenvalue weighted by Crippen LogP contribution is -2.61. The van der Waals surface area contributed by atoms with Gasteiger partial charge >= 0.3 is 6.18 Å². The number of benzene rings is 6. The molecule has 6 aromatic carbocycles. The number of nitrogens with zero attached hydrogens (tertiary/aromatic N) is 1. The lowest BCUT2D eigenvalue weighted by atomic mass is 9.88. The molecule has 0 bridgehead atoms. The third kappa shape index (κ3) is 10.0. The fourth-order valence-corrected chi connectivity index (χ4v) is 8.36. The van der Waals surface area contributed by atoms with Crippen molar-refractivity contribution in [3.63, 3.8) is 0 Å². The number of amides is 1. The first-order valence-corrected chi connectivity index (χ1v) is 21.2. The molecule has 13 heteroatoms. The van der Waals surface area contributed by atoms with Crippen LogP contribution in [0.3, 0.4) is 0 Å². The van der Waals surface area contributed by atoms with E-state index in [2.05, 4.69) is 0 Å². The molecule has 0 N–H and O–H groups in total. The van der Waals surface area contributed by atoms with Crippen LogP contribution in [0.25, 0.3) is 0 Å². The van der Waals surface area contributed by atoms with Gasteiger partial charge in [-0.15, -0.1) is 0 Å². The molecule has 6 atom stereocenters. The topological polar surface area (TPSA) is 75.7 Å². The second kappa shape index (κ2) is 20.1.